The van der Waals surface area contributed by atoms with Crippen LogP contribution in [0.4, 0.5) is 4.39 Å². The molecule has 1 aliphatic rings. The molecule has 4 rings (SSSR count). The van der Waals surface area contributed by atoms with Crippen molar-refractivity contribution >= 4 is 5.78 Å². The van der Waals surface area contributed by atoms with Gasteiger partial charge >= 0.3 is 0 Å². The number of hydrogen-bond acceptors (Lipinski definition) is 4. The van der Waals surface area contributed by atoms with Gasteiger partial charge in [-0.2, -0.15) is 9.89 Å². The largest absolute Gasteiger partial charge is 0.300 e. The molecule has 0 unspecified atom stereocenters. The number of ketones is 1. The highest BCUT2D eigenvalue weighted by Crippen LogP contribution is 2.32. The maximum atomic E-state index is 13.4. The number of carbonyl (C=O) groups is 1. The SMILES string of the molecule is O=C1CCN(n2ncc(-c3ccncc3)c2-c2ccc(F)cc2)CC1. The molecule has 0 saturated carbocycles. The Morgan fingerprint density at radius 2 is 1.60 bits per heavy atom. The summed E-state index contributed by atoms with van der Waals surface area (Å²) in [5.41, 5.74) is 3.71. The van der Waals surface area contributed by atoms with Gasteiger partial charge < -0.3 is 0 Å². The standard InChI is InChI=1S/C19H17FN4O/c20-16-3-1-15(2-4-16)19-18(14-5-9-21-10-6-14)13-22-24(19)23-11-7-17(25)8-12-23/h1-6,9-10,13H,7-8,11-12H2. The number of halogens is 1. The lowest BCUT2D eigenvalue weighted by Crippen LogP contribution is -2.42. The summed E-state index contributed by atoms with van der Waals surface area (Å²) in [7, 11) is 0. The summed E-state index contributed by atoms with van der Waals surface area (Å²) in [6.07, 6.45) is 6.33. The van der Waals surface area contributed by atoms with Gasteiger partial charge in [0.2, 0.25) is 0 Å². The van der Waals surface area contributed by atoms with Crippen LogP contribution in [-0.4, -0.2) is 33.7 Å². The zero-order chi connectivity index (χ0) is 17.2. The third kappa shape index (κ3) is 3.03. The predicted octanol–water partition coefficient (Wildman–Crippen LogP) is 3.05. The normalized spacial score (nSPS) is 14.8. The molecule has 126 valence electrons. The van der Waals surface area contributed by atoms with Gasteiger partial charge in [-0.3, -0.25) is 14.8 Å². The topological polar surface area (TPSA) is 51.0 Å². The zero-order valence-electron chi connectivity index (χ0n) is 13.6. The van der Waals surface area contributed by atoms with Crippen LogP contribution >= 0.6 is 0 Å². The second-order valence-electron chi connectivity index (χ2n) is 6.03. The average molecular weight is 336 g/mol. The van der Waals surface area contributed by atoms with Crippen LogP contribution in [0, 0.1) is 5.82 Å². The number of piperidine rings is 1. The van der Waals surface area contributed by atoms with Crippen LogP contribution in [0.3, 0.4) is 0 Å². The maximum absolute atomic E-state index is 13.4. The summed E-state index contributed by atoms with van der Waals surface area (Å²) in [6.45, 7) is 1.26. The van der Waals surface area contributed by atoms with Gasteiger partial charge in [0.25, 0.3) is 0 Å². The van der Waals surface area contributed by atoms with E-state index >= 15 is 0 Å². The fourth-order valence-corrected chi connectivity index (χ4v) is 3.11. The van der Waals surface area contributed by atoms with Gasteiger partial charge in [0, 0.05) is 49.5 Å². The van der Waals surface area contributed by atoms with Crippen LogP contribution in [-0.2, 0) is 4.79 Å². The molecule has 2 aromatic heterocycles. The summed E-state index contributed by atoms with van der Waals surface area (Å²) >= 11 is 0. The first-order valence-corrected chi connectivity index (χ1v) is 8.23. The second kappa shape index (κ2) is 6.47. The Balaban J connectivity index is 1.83. The Kier molecular flexibility index (Phi) is 4.01. The molecule has 0 aliphatic carbocycles. The first-order chi connectivity index (χ1) is 12.2. The Labute approximate surface area is 144 Å². The van der Waals surface area contributed by atoms with E-state index in [1.54, 1.807) is 24.5 Å². The first kappa shape index (κ1) is 15.5. The Morgan fingerprint density at radius 3 is 2.28 bits per heavy atom. The van der Waals surface area contributed by atoms with Crippen molar-refractivity contribution in [2.75, 3.05) is 18.1 Å². The van der Waals surface area contributed by atoms with E-state index in [2.05, 4.69) is 15.1 Å². The molecule has 3 aromatic rings. The van der Waals surface area contributed by atoms with Crippen LogP contribution in [0.15, 0.2) is 55.0 Å². The fraction of sp³-hybridized carbons (Fsp3) is 0.211. The second-order valence-corrected chi connectivity index (χ2v) is 6.03. The molecule has 6 heteroatoms. The smallest absolute Gasteiger partial charge is 0.136 e. The van der Waals surface area contributed by atoms with Gasteiger partial charge in [0.1, 0.15) is 11.6 Å². The van der Waals surface area contributed by atoms with E-state index in [0.29, 0.717) is 25.9 Å². The number of rotatable bonds is 3. The molecular formula is C19H17FN4O. The van der Waals surface area contributed by atoms with Gasteiger partial charge in [0.05, 0.1) is 11.9 Å². The lowest BCUT2D eigenvalue weighted by Gasteiger charge is -2.29. The minimum atomic E-state index is -0.274. The Morgan fingerprint density at radius 1 is 0.920 bits per heavy atom. The van der Waals surface area contributed by atoms with Gasteiger partial charge in [-0.25, -0.2) is 4.39 Å². The predicted molar refractivity (Wildman–Crippen MR) is 93.0 cm³/mol. The molecule has 1 aliphatic heterocycles. The number of pyridine rings is 1. The summed E-state index contributed by atoms with van der Waals surface area (Å²) < 4.78 is 13.4. The molecule has 0 amide bonds. The maximum Gasteiger partial charge on any atom is 0.136 e. The molecular weight excluding hydrogens is 319 g/mol. The molecule has 1 saturated heterocycles. The Bertz CT molecular complexity index is 880. The molecule has 0 bridgehead atoms. The van der Waals surface area contributed by atoms with Crippen LogP contribution < -0.4 is 5.01 Å². The molecule has 1 fully saturated rings. The number of aromatic nitrogens is 3. The number of benzene rings is 1. The highest BCUT2D eigenvalue weighted by Gasteiger charge is 2.22. The molecule has 25 heavy (non-hydrogen) atoms. The molecule has 5 nitrogen and oxygen atoms in total. The van der Waals surface area contributed by atoms with E-state index in [-0.39, 0.29) is 11.6 Å². The van der Waals surface area contributed by atoms with Crippen molar-refractivity contribution in [3.8, 4) is 22.4 Å². The number of hydrogen-bond donors (Lipinski definition) is 0. The minimum absolute atomic E-state index is 0.274. The quantitative estimate of drug-likeness (QED) is 0.738. The van der Waals surface area contributed by atoms with Crippen molar-refractivity contribution in [1.29, 1.82) is 0 Å². The van der Waals surface area contributed by atoms with Gasteiger partial charge in [-0.15, -0.1) is 0 Å². The highest BCUT2D eigenvalue weighted by atomic mass is 19.1. The summed E-state index contributed by atoms with van der Waals surface area (Å²) in [5, 5.41) is 6.62. The van der Waals surface area contributed by atoms with Crippen LogP contribution in [0.1, 0.15) is 12.8 Å². The van der Waals surface area contributed by atoms with E-state index in [9.17, 15) is 9.18 Å². The number of nitrogens with zero attached hydrogens (tertiary/aromatic N) is 4. The van der Waals surface area contributed by atoms with E-state index in [0.717, 1.165) is 22.4 Å². The molecule has 1 aromatic carbocycles. The minimum Gasteiger partial charge on any atom is -0.300 e. The van der Waals surface area contributed by atoms with Crippen molar-refractivity contribution in [3.63, 3.8) is 0 Å². The van der Waals surface area contributed by atoms with E-state index in [4.69, 9.17) is 0 Å². The molecule has 0 N–H and O–H groups in total. The van der Waals surface area contributed by atoms with Gasteiger partial charge in [-0.1, -0.05) is 0 Å². The average Bonchev–Trinajstić information content (AvgIpc) is 3.09. The van der Waals surface area contributed by atoms with Crippen LogP contribution in [0.2, 0.25) is 0 Å². The number of Topliss-reactive ketones (excluding diaryl/α,β-unsaturated/α-hetero) is 1. The first-order valence-electron chi connectivity index (χ1n) is 8.23. The highest BCUT2D eigenvalue weighted by molar-refractivity contribution is 5.82. The van der Waals surface area contributed by atoms with Crippen LogP contribution in [0.25, 0.3) is 22.4 Å². The monoisotopic (exact) mass is 336 g/mol. The molecule has 0 atom stereocenters. The van der Waals surface area contributed by atoms with Crippen LogP contribution in [0.5, 0.6) is 0 Å². The molecule has 0 radical (unpaired) electrons. The molecule has 3 heterocycles. The van der Waals surface area contributed by atoms with E-state index in [1.807, 2.05) is 23.1 Å². The van der Waals surface area contributed by atoms with Gasteiger partial charge in [0.15, 0.2) is 0 Å². The lowest BCUT2D eigenvalue weighted by atomic mass is 10.0. The fourth-order valence-electron chi connectivity index (χ4n) is 3.11. The van der Waals surface area contributed by atoms with Crippen molar-refractivity contribution in [2.24, 2.45) is 0 Å². The van der Waals surface area contributed by atoms with Gasteiger partial charge in [-0.05, 0) is 42.0 Å². The summed E-state index contributed by atoms with van der Waals surface area (Å²) in [4.78, 5) is 17.5. The molecule has 0 spiro atoms. The zero-order valence-corrected chi connectivity index (χ0v) is 13.6. The van der Waals surface area contributed by atoms with Crippen molar-refractivity contribution in [3.05, 3.63) is 60.8 Å². The van der Waals surface area contributed by atoms with Crippen molar-refractivity contribution in [1.82, 2.24) is 14.9 Å². The van der Waals surface area contributed by atoms with E-state index < -0.39 is 0 Å². The van der Waals surface area contributed by atoms with E-state index in [1.165, 1.54) is 12.1 Å². The third-order valence-corrected chi connectivity index (χ3v) is 4.43. The summed E-state index contributed by atoms with van der Waals surface area (Å²) in [5.74, 6) is 0.00458. The summed E-state index contributed by atoms with van der Waals surface area (Å²) in [6, 6.07) is 10.2. The Hall–Kier alpha value is -3.02. The van der Waals surface area contributed by atoms with Crippen molar-refractivity contribution in [2.45, 2.75) is 12.8 Å². The number of carbonyl (C=O) groups excluding carboxylic acids is 1. The van der Waals surface area contributed by atoms with Crippen molar-refractivity contribution < 1.29 is 9.18 Å². The lowest BCUT2D eigenvalue weighted by molar-refractivity contribution is -0.119. The third-order valence-electron chi connectivity index (χ3n) is 4.43.